The zero-order chi connectivity index (χ0) is 22.5. The minimum absolute atomic E-state index is 0.00552. The van der Waals surface area contributed by atoms with Gasteiger partial charge in [-0.3, -0.25) is 9.69 Å². The van der Waals surface area contributed by atoms with Crippen LogP contribution in [-0.2, 0) is 9.53 Å². The summed E-state index contributed by atoms with van der Waals surface area (Å²) in [5, 5.41) is 0. The number of methoxy groups -OCH3 is 1. The van der Waals surface area contributed by atoms with Crippen molar-refractivity contribution in [1.29, 1.82) is 0 Å². The Bertz CT molecular complexity index is 937. The topological polar surface area (TPSA) is 42.0 Å². The van der Waals surface area contributed by atoms with Gasteiger partial charge in [-0.2, -0.15) is 0 Å². The molecule has 2 aliphatic carbocycles. The van der Waals surface area contributed by atoms with Gasteiger partial charge in [0.15, 0.2) is 0 Å². The van der Waals surface area contributed by atoms with Gasteiger partial charge in [-0.05, 0) is 68.4 Å². The first kappa shape index (κ1) is 21.6. The van der Waals surface area contributed by atoms with E-state index >= 15 is 0 Å². The highest BCUT2D eigenvalue weighted by Crippen LogP contribution is 2.52. The number of allylic oxidation sites excluding steroid dienone is 3. The number of nitrogens with zero attached hydrogens (tertiary/aromatic N) is 2. The van der Waals surface area contributed by atoms with E-state index in [9.17, 15) is 4.79 Å². The maximum absolute atomic E-state index is 12.9. The fourth-order valence-electron chi connectivity index (χ4n) is 6.47. The fourth-order valence-corrected chi connectivity index (χ4v) is 6.47. The normalized spacial score (nSPS) is 34.9. The zero-order valence-electron chi connectivity index (χ0n) is 19.8. The van der Waals surface area contributed by atoms with Crippen LogP contribution in [0, 0.1) is 17.3 Å². The Morgan fingerprint density at radius 1 is 1.22 bits per heavy atom. The summed E-state index contributed by atoms with van der Waals surface area (Å²) in [4.78, 5) is 17.8. The molecule has 2 heterocycles. The molecule has 1 aromatic rings. The SMILES string of the molecule is COc1ccc(N2CCN(CC3C(=O)OC4CC5(C)CCC=C(C)C5=CC43)CC2C)cc1. The van der Waals surface area contributed by atoms with Crippen molar-refractivity contribution >= 4 is 11.7 Å². The van der Waals surface area contributed by atoms with Crippen LogP contribution in [0.3, 0.4) is 0 Å². The van der Waals surface area contributed by atoms with Crippen molar-refractivity contribution in [3.05, 3.63) is 47.6 Å². The van der Waals surface area contributed by atoms with E-state index in [-0.39, 0.29) is 29.3 Å². The van der Waals surface area contributed by atoms with Crippen LogP contribution in [0.15, 0.2) is 47.6 Å². The fraction of sp³-hybridized carbons (Fsp3) is 0.593. The van der Waals surface area contributed by atoms with Crippen LogP contribution in [0.2, 0.25) is 0 Å². The van der Waals surface area contributed by atoms with E-state index in [0.717, 1.165) is 51.2 Å². The van der Waals surface area contributed by atoms with Crippen molar-refractivity contribution in [2.75, 3.05) is 38.2 Å². The monoisotopic (exact) mass is 436 g/mol. The van der Waals surface area contributed by atoms with Gasteiger partial charge in [0.1, 0.15) is 11.9 Å². The van der Waals surface area contributed by atoms with Gasteiger partial charge in [-0.15, -0.1) is 0 Å². The third-order valence-corrected chi connectivity index (χ3v) is 8.27. The molecule has 172 valence electrons. The number of fused-ring (bicyclic) bond motifs is 2. The first-order chi connectivity index (χ1) is 15.4. The molecule has 5 unspecified atom stereocenters. The minimum Gasteiger partial charge on any atom is -0.497 e. The highest BCUT2D eigenvalue weighted by molar-refractivity contribution is 5.76. The summed E-state index contributed by atoms with van der Waals surface area (Å²) >= 11 is 0. The van der Waals surface area contributed by atoms with E-state index in [4.69, 9.17) is 9.47 Å². The highest BCUT2D eigenvalue weighted by atomic mass is 16.6. The third-order valence-electron chi connectivity index (χ3n) is 8.27. The standard InChI is InChI=1S/C27H36N2O3/c1-18-6-5-11-27(3)15-25-22(14-24(18)27)23(26(30)32-25)17-28-12-13-29(19(2)16-28)20-7-9-21(31-4)10-8-20/h6-10,14,19,22-23,25H,5,11-13,15-17H2,1-4H3. The first-order valence-electron chi connectivity index (χ1n) is 12.1. The smallest absolute Gasteiger partial charge is 0.311 e. The number of esters is 1. The molecule has 0 amide bonds. The molecule has 0 saturated carbocycles. The average molecular weight is 437 g/mol. The van der Waals surface area contributed by atoms with Gasteiger partial charge < -0.3 is 14.4 Å². The van der Waals surface area contributed by atoms with Gasteiger partial charge in [0.05, 0.1) is 13.0 Å². The van der Waals surface area contributed by atoms with Gasteiger partial charge in [0.25, 0.3) is 0 Å². The lowest BCUT2D eigenvalue weighted by Gasteiger charge is -2.44. The molecule has 0 spiro atoms. The van der Waals surface area contributed by atoms with Crippen molar-refractivity contribution < 1.29 is 14.3 Å². The highest BCUT2D eigenvalue weighted by Gasteiger charge is 2.51. The van der Waals surface area contributed by atoms with E-state index in [2.05, 4.69) is 54.9 Å². The Morgan fingerprint density at radius 3 is 2.72 bits per heavy atom. The van der Waals surface area contributed by atoms with Crippen molar-refractivity contribution in [3.63, 3.8) is 0 Å². The molecule has 32 heavy (non-hydrogen) atoms. The van der Waals surface area contributed by atoms with Gasteiger partial charge in [-0.1, -0.05) is 24.6 Å². The number of ether oxygens (including phenoxy) is 2. The van der Waals surface area contributed by atoms with Crippen LogP contribution >= 0.6 is 0 Å². The Balaban J connectivity index is 1.28. The average Bonchev–Trinajstić information content (AvgIpc) is 3.06. The Morgan fingerprint density at radius 2 is 2.00 bits per heavy atom. The molecule has 0 N–H and O–H groups in total. The predicted octanol–water partition coefficient (Wildman–Crippen LogP) is 4.44. The van der Waals surface area contributed by atoms with Gasteiger partial charge in [0, 0.05) is 43.8 Å². The number of rotatable bonds is 4. The van der Waals surface area contributed by atoms with Crippen molar-refractivity contribution in [2.24, 2.45) is 17.3 Å². The maximum Gasteiger partial charge on any atom is 0.311 e. The number of benzene rings is 1. The Labute approximate surface area is 192 Å². The number of hydrogen-bond acceptors (Lipinski definition) is 5. The van der Waals surface area contributed by atoms with Crippen LogP contribution in [0.5, 0.6) is 5.75 Å². The van der Waals surface area contributed by atoms with E-state index in [1.807, 2.05) is 12.1 Å². The lowest BCUT2D eigenvalue weighted by atomic mass is 9.62. The second-order valence-corrected chi connectivity index (χ2v) is 10.4. The maximum atomic E-state index is 12.9. The van der Waals surface area contributed by atoms with Crippen LogP contribution in [0.4, 0.5) is 5.69 Å². The number of hydrogen-bond donors (Lipinski definition) is 0. The molecule has 5 heteroatoms. The van der Waals surface area contributed by atoms with E-state index in [0.29, 0.717) is 6.04 Å². The molecular formula is C27H36N2O3. The van der Waals surface area contributed by atoms with Crippen LogP contribution in [0.25, 0.3) is 0 Å². The van der Waals surface area contributed by atoms with Gasteiger partial charge in [-0.25, -0.2) is 0 Å². The molecular weight excluding hydrogens is 400 g/mol. The lowest BCUT2D eigenvalue weighted by molar-refractivity contribution is -0.145. The van der Waals surface area contributed by atoms with Crippen LogP contribution < -0.4 is 9.64 Å². The van der Waals surface area contributed by atoms with Crippen LogP contribution in [-0.4, -0.2) is 56.3 Å². The van der Waals surface area contributed by atoms with E-state index in [1.54, 1.807) is 7.11 Å². The summed E-state index contributed by atoms with van der Waals surface area (Å²) in [6, 6.07) is 8.70. The summed E-state index contributed by atoms with van der Waals surface area (Å²) in [5.74, 6) is 1.05. The second kappa shape index (κ2) is 8.26. The molecule has 2 fully saturated rings. The molecule has 2 aliphatic heterocycles. The van der Waals surface area contributed by atoms with Gasteiger partial charge >= 0.3 is 5.97 Å². The predicted molar refractivity (Wildman–Crippen MR) is 127 cm³/mol. The number of piperazine rings is 1. The quantitative estimate of drug-likeness (QED) is 0.653. The molecule has 5 nitrogen and oxygen atoms in total. The number of carbonyl (C=O) groups excluding carboxylic acids is 1. The van der Waals surface area contributed by atoms with Crippen molar-refractivity contribution in [3.8, 4) is 5.75 Å². The number of carbonyl (C=O) groups is 1. The summed E-state index contributed by atoms with van der Waals surface area (Å²) < 4.78 is 11.3. The molecule has 4 aliphatic rings. The van der Waals surface area contributed by atoms with Gasteiger partial charge in [0.2, 0.25) is 0 Å². The van der Waals surface area contributed by atoms with Crippen molar-refractivity contribution in [2.45, 2.75) is 52.2 Å². The summed E-state index contributed by atoms with van der Waals surface area (Å²) in [6.45, 7) is 10.5. The molecule has 0 radical (unpaired) electrons. The Kier molecular flexibility index (Phi) is 5.56. The van der Waals surface area contributed by atoms with Crippen molar-refractivity contribution in [1.82, 2.24) is 4.90 Å². The first-order valence-corrected chi connectivity index (χ1v) is 12.1. The lowest BCUT2D eigenvalue weighted by Crippen LogP contribution is -2.53. The summed E-state index contributed by atoms with van der Waals surface area (Å²) in [5.41, 5.74) is 4.25. The zero-order valence-corrected chi connectivity index (χ0v) is 19.8. The van der Waals surface area contributed by atoms with Crippen LogP contribution in [0.1, 0.15) is 40.0 Å². The number of anilines is 1. The Hall–Kier alpha value is -2.27. The molecule has 0 aromatic heterocycles. The summed E-state index contributed by atoms with van der Waals surface area (Å²) in [7, 11) is 1.70. The largest absolute Gasteiger partial charge is 0.497 e. The molecule has 2 saturated heterocycles. The van der Waals surface area contributed by atoms with E-state index < -0.39 is 0 Å². The molecule has 1 aromatic carbocycles. The third kappa shape index (κ3) is 3.75. The summed E-state index contributed by atoms with van der Waals surface area (Å²) in [6.07, 6.45) is 8.08. The minimum atomic E-state index is -0.0495. The molecule has 5 atom stereocenters. The molecule has 5 rings (SSSR count). The van der Waals surface area contributed by atoms with E-state index in [1.165, 1.54) is 16.8 Å². The second-order valence-electron chi connectivity index (χ2n) is 10.4. The molecule has 0 bridgehead atoms.